The van der Waals surface area contributed by atoms with Gasteiger partial charge in [0.05, 0.1) is 35.5 Å². The first-order valence-corrected chi connectivity index (χ1v) is 11.5. The fourth-order valence-corrected chi connectivity index (χ4v) is 3.81. The van der Waals surface area contributed by atoms with Gasteiger partial charge in [-0.2, -0.15) is 8.78 Å². The molecular weight excluding hydrogens is 588 g/mol. The normalized spacial score (nSPS) is 10.3. The van der Waals surface area contributed by atoms with Crippen molar-refractivity contribution in [3.8, 4) is 22.3 Å². The molecule has 13 heteroatoms. The molecule has 0 aliphatic carbocycles. The molecule has 0 aliphatic heterocycles. The monoisotopic (exact) mass is 606 g/mol. The smallest absolute Gasteiger partial charge is 0.340 e. The molecule has 0 amide bonds. The molecule has 0 fully saturated rings. The number of hydrogen-bond acceptors (Lipinski definition) is 8. The molecule has 8 nitrogen and oxygen atoms in total. The van der Waals surface area contributed by atoms with Crippen LogP contribution in [0.15, 0.2) is 59.3 Å². The quantitative estimate of drug-likeness (QED) is 0.134. The van der Waals surface area contributed by atoms with Gasteiger partial charge in [0.1, 0.15) is 5.82 Å². The molecule has 0 bridgehead atoms. The Kier molecular flexibility index (Phi) is 9.20. The summed E-state index contributed by atoms with van der Waals surface area (Å²) in [5.74, 6) is -4.69. The lowest BCUT2D eigenvalue weighted by Gasteiger charge is -2.12. The minimum atomic E-state index is -0.848. The molecule has 0 spiro atoms. The number of nitrogens with two attached hydrogens (primary N) is 2. The van der Waals surface area contributed by atoms with E-state index in [4.69, 9.17) is 11.5 Å². The van der Waals surface area contributed by atoms with Crippen molar-refractivity contribution in [2.24, 2.45) is 0 Å². The fraction of sp³-hybridized carbons (Fsp3) is 0.0769. The summed E-state index contributed by atoms with van der Waals surface area (Å²) in [6.45, 7) is 0. The molecular formula is C26H19BrF4N4O4. The van der Waals surface area contributed by atoms with Gasteiger partial charge in [0.2, 0.25) is 11.9 Å². The average Bonchev–Trinajstić information content (AvgIpc) is 2.91. The number of esters is 2. The first-order chi connectivity index (χ1) is 18.5. The molecule has 0 saturated carbocycles. The number of benzene rings is 2. The molecule has 0 saturated heterocycles. The Morgan fingerprint density at radius 3 is 1.77 bits per heavy atom. The summed E-state index contributed by atoms with van der Waals surface area (Å²) in [5, 5.41) is 0. The largest absolute Gasteiger partial charge is 0.465 e. The lowest BCUT2D eigenvalue weighted by atomic mass is 10.0. The standard InChI is InChI=1S/C13H9BrF2N2O2.C13H10F2N2O2/c1-20-13(19)8-5-7(12(17)10(14)11(8)16)6-2-3-18-9(15)4-6;1-19-13(18)9-5-8(11(16)6-10(9)14)7-2-3-17-12(15)4-7/h2-5H,17H2,1H3;2-6H,16H2,1H3. The highest BCUT2D eigenvalue weighted by molar-refractivity contribution is 9.10. The van der Waals surface area contributed by atoms with Gasteiger partial charge in [0.15, 0.2) is 5.82 Å². The highest BCUT2D eigenvalue weighted by Crippen LogP contribution is 2.36. The van der Waals surface area contributed by atoms with Crippen molar-refractivity contribution in [1.82, 2.24) is 9.97 Å². The van der Waals surface area contributed by atoms with Gasteiger partial charge in [0, 0.05) is 41.3 Å². The summed E-state index contributed by atoms with van der Waals surface area (Å²) in [6.07, 6.45) is 2.50. The number of pyridine rings is 2. The Morgan fingerprint density at radius 1 is 0.769 bits per heavy atom. The van der Waals surface area contributed by atoms with E-state index in [1.165, 1.54) is 36.7 Å². The Balaban J connectivity index is 0.000000216. The third-order valence-corrected chi connectivity index (χ3v) is 6.04. The number of aromatic nitrogens is 2. The summed E-state index contributed by atoms with van der Waals surface area (Å²) in [5.41, 5.74) is 12.5. The van der Waals surface area contributed by atoms with Gasteiger partial charge in [-0.25, -0.2) is 28.3 Å². The molecule has 0 unspecified atom stereocenters. The number of nitrogens with zero attached hydrogens (tertiary/aromatic N) is 2. The number of rotatable bonds is 4. The Hall–Kier alpha value is -4.52. The number of hydrogen-bond donors (Lipinski definition) is 2. The summed E-state index contributed by atoms with van der Waals surface area (Å²) in [7, 11) is 2.28. The van der Waals surface area contributed by atoms with Crippen molar-refractivity contribution in [2.75, 3.05) is 25.7 Å². The SMILES string of the molecule is COC(=O)c1cc(-c2ccnc(F)c2)c(N)c(Br)c1F.COC(=O)c1cc(-c2ccnc(F)c2)c(N)cc1F. The van der Waals surface area contributed by atoms with Crippen LogP contribution in [0.4, 0.5) is 28.9 Å². The molecule has 4 N–H and O–H groups in total. The minimum Gasteiger partial charge on any atom is -0.465 e. The summed E-state index contributed by atoms with van der Waals surface area (Å²) >= 11 is 2.98. The molecule has 202 valence electrons. The number of methoxy groups -OCH3 is 2. The zero-order valence-corrected chi connectivity index (χ0v) is 21.9. The average molecular weight is 607 g/mol. The van der Waals surface area contributed by atoms with Crippen LogP contribution in [0.5, 0.6) is 0 Å². The van der Waals surface area contributed by atoms with E-state index in [-0.39, 0.29) is 27.0 Å². The van der Waals surface area contributed by atoms with Crippen LogP contribution in [-0.4, -0.2) is 36.1 Å². The summed E-state index contributed by atoms with van der Waals surface area (Å²) < 4.78 is 62.7. The first kappa shape index (κ1) is 29.0. The van der Waals surface area contributed by atoms with Gasteiger partial charge >= 0.3 is 11.9 Å². The molecule has 39 heavy (non-hydrogen) atoms. The van der Waals surface area contributed by atoms with E-state index in [9.17, 15) is 27.2 Å². The van der Waals surface area contributed by atoms with Crippen LogP contribution in [0.3, 0.4) is 0 Å². The predicted octanol–water partition coefficient (Wildman–Crippen LogP) is 5.55. The van der Waals surface area contributed by atoms with E-state index in [2.05, 4.69) is 35.4 Å². The Bertz CT molecular complexity index is 1570. The summed E-state index contributed by atoms with van der Waals surface area (Å²) in [6, 6.07) is 8.73. The van der Waals surface area contributed by atoms with Crippen LogP contribution in [-0.2, 0) is 9.47 Å². The maximum atomic E-state index is 14.0. The second-order valence-electron chi connectivity index (χ2n) is 7.65. The topological polar surface area (TPSA) is 130 Å². The number of ether oxygens (including phenoxy) is 2. The Labute approximate surface area is 227 Å². The van der Waals surface area contributed by atoms with Crippen molar-refractivity contribution in [3.05, 3.63) is 94.0 Å². The highest BCUT2D eigenvalue weighted by atomic mass is 79.9. The number of halogens is 5. The molecule has 4 rings (SSSR count). The summed E-state index contributed by atoms with van der Waals surface area (Å²) in [4.78, 5) is 29.8. The van der Waals surface area contributed by atoms with Gasteiger partial charge in [-0.05, 0) is 57.4 Å². The molecule has 2 aromatic heterocycles. The van der Waals surface area contributed by atoms with Crippen LogP contribution < -0.4 is 11.5 Å². The van der Waals surface area contributed by atoms with Crippen molar-refractivity contribution in [1.29, 1.82) is 0 Å². The van der Waals surface area contributed by atoms with Crippen molar-refractivity contribution in [3.63, 3.8) is 0 Å². The second-order valence-corrected chi connectivity index (χ2v) is 8.44. The maximum absolute atomic E-state index is 14.0. The number of carbonyl (C=O) groups is 2. The zero-order chi connectivity index (χ0) is 28.9. The fourth-order valence-electron chi connectivity index (χ4n) is 3.38. The third kappa shape index (κ3) is 6.49. The molecule has 0 aliphatic rings. The number of nitrogen functional groups attached to an aromatic ring is 2. The van der Waals surface area contributed by atoms with Crippen LogP contribution in [0.25, 0.3) is 22.3 Å². The van der Waals surface area contributed by atoms with Crippen molar-refractivity contribution in [2.45, 2.75) is 0 Å². The lowest BCUT2D eigenvalue weighted by molar-refractivity contribution is 0.0586. The van der Waals surface area contributed by atoms with Gasteiger partial charge in [-0.15, -0.1) is 0 Å². The van der Waals surface area contributed by atoms with Gasteiger partial charge in [-0.3, -0.25) is 0 Å². The van der Waals surface area contributed by atoms with Crippen molar-refractivity contribution >= 4 is 39.2 Å². The van der Waals surface area contributed by atoms with E-state index >= 15 is 0 Å². The second kappa shape index (κ2) is 12.3. The number of anilines is 2. The number of carbonyl (C=O) groups excluding carboxylic acids is 2. The molecule has 0 atom stereocenters. The van der Waals surface area contributed by atoms with E-state index < -0.39 is 35.5 Å². The van der Waals surface area contributed by atoms with E-state index in [1.54, 1.807) is 0 Å². The van der Waals surface area contributed by atoms with E-state index in [1.807, 2.05) is 0 Å². The highest BCUT2D eigenvalue weighted by Gasteiger charge is 2.21. The maximum Gasteiger partial charge on any atom is 0.340 e. The molecule has 2 aromatic carbocycles. The first-order valence-electron chi connectivity index (χ1n) is 10.7. The van der Waals surface area contributed by atoms with E-state index in [0.717, 1.165) is 32.4 Å². The lowest BCUT2D eigenvalue weighted by Crippen LogP contribution is -2.07. The van der Waals surface area contributed by atoms with Gasteiger partial charge in [-0.1, -0.05) is 0 Å². The van der Waals surface area contributed by atoms with Crippen LogP contribution >= 0.6 is 15.9 Å². The minimum absolute atomic E-state index is 0.0563. The van der Waals surface area contributed by atoms with Crippen LogP contribution in [0.1, 0.15) is 20.7 Å². The van der Waals surface area contributed by atoms with E-state index in [0.29, 0.717) is 22.3 Å². The van der Waals surface area contributed by atoms with Crippen LogP contribution in [0.2, 0.25) is 0 Å². The van der Waals surface area contributed by atoms with Crippen molar-refractivity contribution < 1.29 is 36.6 Å². The zero-order valence-electron chi connectivity index (χ0n) is 20.3. The third-order valence-electron chi connectivity index (χ3n) is 5.27. The van der Waals surface area contributed by atoms with Gasteiger partial charge in [0.25, 0.3) is 0 Å². The predicted molar refractivity (Wildman–Crippen MR) is 138 cm³/mol. The Morgan fingerprint density at radius 2 is 1.26 bits per heavy atom. The molecule has 2 heterocycles. The van der Waals surface area contributed by atoms with Gasteiger partial charge < -0.3 is 20.9 Å². The molecule has 0 radical (unpaired) electrons. The molecule has 4 aromatic rings. The van der Waals surface area contributed by atoms with Crippen LogP contribution in [0, 0.1) is 23.5 Å².